The molecule has 2 rings (SSSR count). The van der Waals surface area contributed by atoms with Gasteiger partial charge in [0.1, 0.15) is 5.82 Å². The molecule has 0 aromatic heterocycles. The Morgan fingerprint density at radius 2 is 1.78 bits per heavy atom. The summed E-state index contributed by atoms with van der Waals surface area (Å²) >= 11 is 1.99. The van der Waals surface area contributed by atoms with Crippen molar-refractivity contribution in [3.8, 4) is 0 Å². The standard InChI is InChI=1S/C15H12FIO/c1-9-3-4-10(2)13(7-9)15(18)12-6-5-11(16)8-14(12)17/h3-8H,1-2H3. The Hall–Kier alpha value is -1.23. The lowest BCUT2D eigenvalue weighted by molar-refractivity contribution is 0.103. The van der Waals surface area contributed by atoms with Crippen molar-refractivity contribution in [2.24, 2.45) is 0 Å². The summed E-state index contributed by atoms with van der Waals surface area (Å²) in [4.78, 5) is 12.4. The molecule has 0 spiro atoms. The zero-order chi connectivity index (χ0) is 13.3. The van der Waals surface area contributed by atoms with Crippen LogP contribution in [0.3, 0.4) is 0 Å². The fourth-order valence-corrected chi connectivity index (χ4v) is 2.52. The summed E-state index contributed by atoms with van der Waals surface area (Å²) in [6.07, 6.45) is 0. The van der Waals surface area contributed by atoms with Gasteiger partial charge in [0.25, 0.3) is 0 Å². The SMILES string of the molecule is Cc1ccc(C)c(C(=O)c2ccc(F)cc2I)c1. The van der Waals surface area contributed by atoms with E-state index in [2.05, 4.69) is 0 Å². The van der Waals surface area contributed by atoms with Crippen molar-refractivity contribution in [2.75, 3.05) is 0 Å². The maximum Gasteiger partial charge on any atom is 0.194 e. The first-order valence-corrected chi connectivity index (χ1v) is 6.64. The minimum atomic E-state index is -0.322. The van der Waals surface area contributed by atoms with E-state index < -0.39 is 0 Å². The molecule has 0 bridgehead atoms. The van der Waals surface area contributed by atoms with Gasteiger partial charge < -0.3 is 0 Å². The molecule has 0 amide bonds. The number of rotatable bonds is 2. The molecule has 0 aliphatic heterocycles. The van der Waals surface area contributed by atoms with Crippen LogP contribution >= 0.6 is 22.6 Å². The van der Waals surface area contributed by atoms with Gasteiger partial charge in [0, 0.05) is 14.7 Å². The first kappa shape index (κ1) is 13.2. The first-order valence-electron chi connectivity index (χ1n) is 5.56. The summed E-state index contributed by atoms with van der Waals surface area (Å²) in [5.41, 5.74) is 3.21. The molecule has 0 atom stereocenters. The van der Waals surface area contributed by atoms with Crippen molar-refractivity contribution in [2.45, 2.75) is 13.8 Å². The van der Waals surface area contributed by atoms with Gasteiger partial charge in [-0.1, -0.05) is 17.7 Å². The van der Waals surface area contributed by atoms with Crippen LogP contribution in [0.2, 0.25) is 0 Å². The summed E-state index contributed by atoms with van der Waals surface area (Å²) in [7, 11) is 0. The zero-order valence-electron chi connectivity index (χ0n) is 10.1. The van der Waals surface area contributed by atoms with Crippen molar-refractivity contribution in [1.82, 2.24) is 0 Å². The molecule has 0 saturated heterocycles. The fourth-order valence-electron chi connectivity index (χ4n) is 1.80. The minimum absolute atomic E-state index is 0.0550. The molecule has 0 N–H and O–H groups in total. The van der Waals surface area contributed by atoms with E-state index in [1.54, 1.807) is 6.07 Å². The summed E-state index contributed by atoms with van der Waals surface area (Å²) in [6, 6.07) is 10.0. The van der Waals surface area contributed by atoms with Gasteiger partial charge >= 0.3 is 0 Å². The molecule has 0 heterocycles. The Balaban J connectivity index is 2.51. The van der Waals surface area contributed by atoms with Gasteiger partial charge in [0.05, 0.1) is 0 Å². The summed E-state index contributed by atoms with van der Waals surface area (Å²) in [5.74, 6) is -0.377. The smallest absolute Gasteiger partial charge is 0.194 e. The van der Waals surface area contributed by atoms with Crippen LogP contribution in [-0.4, -0.2) is 5.78 Å². The molecule has 2 aromatic rings. The number of aryl methyl sites for hydroxylation is 2. The Labute approximate surface area is 119 Å². The van der Waals surface area contributed by atoms with Crippen LogP contribution < -0.4 is 0 Å². The molecule has 0 saturated carbocycles. The topological polar surface area (TPSA) is 17.1 Å². The summed E-state index contributed by atoms with van der Waals surface area (Å²) in [5, 5.41) is 0. The number of ketones is 1. The molecular formula is C15H12FIO. The molecule has 18 heavy (non-hydrogen) atoms. The van der Waals surface area contributed by atoms with Crippen LogP contribution in [-0.2, 0) is 0 Å². The van der Waals surface area contributed by atoms with Crippen molar-refractivity contribution in [3.05, 3.63) is 68.0 Å². The summed E-state index contributed by atoms with van der Waals surface area (Å²) in [6.45, 7) is 3.86. The predicted molar refractivity (Wildman–Crippen MR) is 78.5 cm³/mol. The Kier molecular flexibility index (Phi) is 3.80. The van der Waals surface area contributed by atoms with Gasteiger partial charge in [-0.3, -0.25) is 4.79 Å². The quantitative estimate of drug-likeness (QED) is 0.581. The van der Waals surface area contributed by atoms with Crippen LogP contribution in [0, 0.1) is 23.2 Å². The monoisotopic (exact) mass is 354 g/mol. The van der Waals surface area contributed by atoms with Crippen molar-refractivity contribution >= 4 is 28.4 Å². The average Bonchev–Trinajstić information content (AvgIpc) is 2.31. The second-order valence-corrected chi connectivity index (χ2v) is 5.43. The normalized spacial score (nSPS) is 10.4. The van der Waals surface area contributed by atoms with Crippen molar-refractivity contribution in [3.63, 3.8) is 0 Å². The maximum atomic E-state index is 13.0. The highest BCUT2D eigenvalue weighted by atomic mass is 127. The third-order valence-electron chi connectivity index (χ3n) is 2.81. The van der Waals surface area contributed by atoms with E-state index in [1.165, 1.54) is 12.1 Å². The molecule has 0 radical (unpaired) electrons. The molecular weight excluding hydrogens is 342 g/mol. The minimum Gasteiger partial charge on any atom is -0.289 e. The van der Waals surface area contributed by atoms with E-state index in [1.807, 2.05) is 54.6 Å². The highest BCUT2D eigenvalue weighted by Gasteiger charge is 2.15. The molecule has 1 nitrogen and oxygen atoms in total. The lowest BCUT2D eigenvalue weighted by Gasteiger charge is -2.08. The van der Waals surface area contributed by atoms with E-state index in [-0.39, 0.29) is 11.6 Å². The maximum absolute atomic E-state index is 13.0. The zero-order valence-corrected chi connectivity index (χ0v) is 12.3. The molecule has 0 aliphatic rings. The van der Waals surface area contributed by atoms with Crippen LogP contribution in [0.1, 0.15) is 27.0 Å². The molecule has 3 heteroatoms. The largest absolute Gasteiger partial charge is 0.289 e. The second kappa shape index (κ2) is 5.18. The number of benzene rings is 2. The van der Waals surface area contributed by atoms with Gasteiger partial charge in [-0.25, -0.2) is 4.39 Å². The van der Waals surface area contributed by atoms with Crippen LogP contribution in [0.25, 0.3) is 0 Å². The number of hydrogen-bond acceptors (Lipinski definition) is 1. The summed E-state index contributed by atoms with van der Waals surface area (Å²) < 4.78 is 13.7. The van der Waals surface area contributed by atoms with Crippen LogP contribution in [0.4, 0.5) is 4.39 Å². The van der Waals surface area contributed by atoms with E-state index in [4.69, 9.17) is 0 Å². The number of carbonyl (C=O) groups excluding carboxylic acids is 1. The number of carbonyl (C=O) groups is 1. The lowest BCUT2D eigenvalue weighted by Crippen LogP contribution is -2.06. The average molecular weight is 354 g/mol. The van der Waals surface area contributed by atoms with Crippen LogP contribution in [0.5, 0.6) is 0 Å². The fraction of sp³-hybridized carbons (Fsp3) is 0.133. The molecule has 2 aromatic carbocycles. The number of hydrogen-bond donors (Lipinski definition) is 0. The molecule has 0 unspecified atom stereocenters. The van der Waals surface area contributed by atoms with Crippen LogP contribution in [0.15, 0.2) is 36.4 Å². The van der Waals surface area contributed by atoms with E-state index >= 15 is 0 Å². The van der Waals surface area contributed by atoms with E-state index in [9.17, 15) is 9.18 Å². The van der Waals surface area contributed by atoms with E-state index in [0.29, 0.717) is 14.7 Å². The Morgan fingerprint density at radius 1 is 1.06 bits per heavy atom. The molecule has 0 aliphatic carbocycles. The van der Waals surface area contributed by atoms with Crippen molar-refractivity contribution < 1.29 is 9.18 Å². The number of halogens is 2. The lowest BCUT2D eigenvalue weighted by atomic mass is 9.97. The predicted octanol–water partition coefficient (Wildman–Crippen LogP) is 4.28. The third-order valence-corrected chi connectivity index (χ3v) is 3.71. The van der Waals surface area contributed by atoms with Gasteiger partial charge in [0.15, 0.2) is 5.78 Å². The van der Waals surface area contributed by atoms with Gasteiger partial charge in [-0.05, 0) is 66.3 Å². The van der Waals surface area contributed by atoms with E-state index in [0.717, 1.165) is 11.1 Å². The first-order chi connectivity index (χ1) is 8.49. The van der Waals surface area contributed by atoms with Gasteiger partial charge in [-0.2, -0.15) is 0 Å². The van der Waals surface area contributed by atoms with Crippen molar-refractivity contribution in [1.29, 1.82) is 0 Å². The molecule has 0 fully saturated rings. The highest BCUT2D eigenvalue weighted by Crippen LogP contribution is 2.20. The Morgan fingerprint density at radius 3 is 2.44 bits per heavy atom. The van der Waals surface area contributed by atoms with Gasteiger partial charge in [-0.15, -0.1) is 0 Å². The second-order valence-electron chi connectivity index (χ2n) is 4.27. The highest BCUT2D eigenvalue weighted by molar-refractivity contribution is 14.1. The molecule has 92 valence electrons. The Bertz CT molecular complexity index is 620. The third kappa shape index (κ3) is 2.61. The van der Waals surface area contributed by atoms with Gasteiger partial charge in [0.2, 0.25) is 0 Å².